The number of aliphatic carboxylic acids is 1. The molecule has 2 rings (SSSR count). The normalized spacial score (nSPS) is 11.3. The van der Waals surface area contributed by atoms with E-state index in [-0.39, 0.29) is 12.3 Å². The fourth-order valence-electron chi connectivity index (χ4n) is 1.49. The molecule has 0 fully saturated rings. The SMILES string of the molecule is CC(C)(C(=O)O)n1cc(NC(=O)Cc2cscn2)cn1. The van der Waals surface area contributed by atoms with E-state index >= 15 is 0 Å². The topological polar surface area (TPSA) is 97.1 Å². The molecule has 0 aliphatic carbocycles. The molecule has 20 heavy (non-hydrogen) atoms. The van der Waals surface area contributed by atoms with Gasteiger partial charge in [0.15, 0.2) is 5.54 Å². The Kier molecular flexibility index (Phi) is 3.84. The second kappa shape index (κ2) is 5.41. The first-order valence-corrected chi connectivity index (χ1v) is 6.79. The molecule has 0 aliphatic rings. The van der Waals surface area contributed by atoms with Crippen LogP contribution in [0.4, 0.5) is 5.69 Å². The molecule has 1 amide bonds. The molecule has 106 valence electrons. The summed E-state index contributed by atoms with van der Waals surface area (Å²) in [5, 5.41) is 17.5. The lowest BCUT2D eigenvalue weighted by Crippen LogP contribution is -2.35. The third-order valence-electron chi connectivity index (χ3n) is 2.79. The lowest BCUT2D eigenvalue weighted by atomic mass is 10.1. The predicted octanol–water partition coefficient (Wildman–Crippen LogP) is 1.34. The molecule has 0 atom stereocenters. The van der Waals surface area contributed by atoms with E-state index in [1.165, 1.54) is 42.3 Å². The van der Waals surface area contributed by atoms with Crippen LogP contribution < -0.4 is 5.32 Å². The van der Waals surface area contributed by atoms with Crippen molar-refractivity contribution in [2.75, 3.05) is 5.32 Å². The van der Waals surface area contributed by atoms with E-state index in [4.69, 9.17) is 5.11 Å². The quantitative estimate of drug-likeness (QED) is 0.867. The van der Waals surface area contributed by atoms with Crippen molar-refractivity contribution in [3.8, 4) is 0 Å². The minimum Gasteiger partial charge on any atom is -0.479 e. The molecule has 8 heteroatoms. The summed E-state index contributed by atoms with van der Waals surface area (Å²) in [6.45, 7) is 3.06. The molecule has 0 saturated carbocycles. The highest BCUT2D eigenvalue weighted by Gasteiger charge is 2.30. The number of rotatable bonds is 5. The maximum absolute atomic E-state index is 11.8. The van der Waals surface area contributed by atoms with Gasteiger partial charge in [0.1, 0.15) is 0 Å². The first-order chi connectivity index (χ1) is 9.39. The second-order valence-corrected chi connectivity index (χ2v) is 5.46. The average Bonchev–Trinajstić information content (AvgIpc) is 3.00. The molecule has 0 aromatic carbocycles. The number of carboxylic acid groups (broad SMARTS) is 1. The minimum atomic E-state index is -1.17. The molecule has 2 heterocycles. The monoisotopic (exact) mass is 294 g/mol. The van der Waals surface area contributed by atoms with Crippen LogP contribution in [-0.4, -0.2) is 31.7 Å². The summed E-state index contributed by atoms with van der Waals surface area (Å²) < 4.78 is 1.30. The zero-order valence-electron chi connectivity index (χ0n) is 11.0. The fraction of sp³-hybridized carbons (Fsp3) is 0.333. The van der Waals surface area contributed by atoms with Crippen LogP contribution in [0, 0.1) is 0 Å². The van der Waals surface area contributed by atoms with Gasteiger partial charge in [0.25, 0.3) is 0 Å². The van der Waals surface area contributed by atoms with Crippen LogP contribution in [0.25, 0.3) is 0 Å². The molecule has 0 spiro atoms. The molecular formula is C12H14N4O3S. The lowest BCUT2D eigenvalue weighted by Gasteiger charge is -2.19. The number of hydrogen-bond acceptors (Lipinski definition) is 5. The van der Waals surface area contributed by atoms with E-state index < -0.39 is 11.5 Å². The largest absolute Gasteiger partial charge is 0.479 e. The van der Waals surface area contributed by atoms with Gasteiger partial charge >= 0.3 is 5.97 Å². The van der Waals surface area contributed by atoms with E-state index in [0.717, 1.165) is 0 Å². The van der Waals surface area contributed by atoms with Gasteiger partial charge in [0.05, 0.1) is 29.5 Å². The first kappa shape index (κ1) is 14.2. The second-order valence-electron chi connectivity index (χ2n) is 4.74. The van der Waals surface area contributed by atoms with E-state index in [0.29, 0.717) is 11.4 Å². The Morgan fingerprint density at radius 3 is 2.85 bits per heavy atom. The van der Waals surface area contributed by atoms with Gasteiger partial charge in [-0.05, 0) is 13.8 Å². The van der Waals surface area contributed by atoms with Gasteiger partial charge < -0.3 is 10.4 Å². The summed E-state index contributed by atoms with van der Waals surface area (Å²) in [4.78, 5) is 26.9. The highest BCUT2D eigenvalue weighted by Crippen LogP contribution is 2.17. The number of carbonyl (C=O) groups excluding carboxylic acids is 1. The third-order valence-corrected chi connectivity index (χ3v) is 3.42. The number of nitrogens with one attached hydrogen (secondary N) is 1. The molecule has 2 N–H and O–H groups in total. The van der Waals surface area contributed by atoms with Crippen LogP contribution in [0.15, 0.2) is 23.3 Å². The Labute approximate surface area is 119 Å². The van der Waals surface area contributed by atoms with Crippen LogP contribution in [0.2, 0.25) is 0 Å². The van der Waals surface area contributed by atoms with Crippen molar-refractivity contribution in [3.05, 3.63) is 29.0 Å². The number of hydrogen-bond donors (Lipinski definition) is 2. The molecule has 0 bridgehead atoms. The van der Waals surface area contributed by atoms with Gasteiger partial charge in [0.2, 0.25) is 5.91 Å². The van der Waals surface area contributed by atoms with Crippen molar-refractivity contribution >= 4 is 28.9 Å². The summed E-state index contributed by atoms with van der Waals surface area (Å²) in [6, 6.07) is 0. The van der Waals surface area contributed by atoms with Crippen LogP contribution in [-0.2, 0) is 21.5 Å². The van der Waals surface area contributed by atoms with E-state index in [1.807, 2.05) is 0 Å². The van der Waals surface area contributed by atoms with Crippen molar-refractivity contribution in [3.63, 3.8) is 0 Å². The number of anilines is 1. The van der Waals surface area contributed by atoms with Crippen molar-refractivity contribution in [2.45, 2.75) is 25.8 Å². The van der Waals surface area contributed by atoms with Crippen molar-refractivity contribution in [2.24, 2.45) is 0 Å². The maximum Gasteiger partial charge on any atom is 0.331 e. The number of aromatic nitrogens is 3. The Hall–Kier alpha value is -2.22. The molecule has 7 nitrogen and oxygen atoms in total. The van der Waals surface area contributed by atoms with Crippen molar-refractivity contribution in [1.82, 2.24) is 14.8 Å². The number of carboxylic acids is 1. The Bertz CT molecular complexity index is 618. The Morgan fingerprint density at radius 1 is 1.50 bits per heavy atom. The minimum absolute atomic E-state index is 0.178. The molecule has 0 radical (unpaired) electrons. The number of thiazole rings is 1. The van der Waals surface area contributed by atoms with Gasteiger partial charge in [-0.15, -0.1) is 11.3 Å². The summed E-state index contributed by atoms with van der Waals surface area (Å²) >= 11 is 1.43. The van der Waals surface area contributed by atoms with E-state index in [1.54, 1.807) is 10.9 Å². The molecule has 0 unspecified atom stereocenters. The molecule has 2 aromatic heterocycles. The average molecular weight is 294 g/mol. The molecule has 0 aliphatic heterocycles. The zero-order chi connectivity index (χ0) is 14.8. The Balaban J connectivity index is 2.03. The summed E-state index contributed by atoms with van der Waals surface area (Å²) in [5.74, 6) is -1.22. The zero-order valence-corrected chi connectivity index (χ0v) is 11.8. The maximum atomic E-state index is 11.8. The van der Waals surface area contributed by atoms with Gasteiger partial charge in [0, 0.05) is 11.6 Å². The molecule has 0 saturated heterocycles. The standard InChI is InChI=1S/C12H14N4O3S/c1-12(2,11(18)19)16-5-9(4-14-16)15-10(17)3-8-6-20-7-13-8/h4-7H,3H2,1-2H3,(H,15,17)(H,18,19). The Morgan fingerprint density at radius 2 is 2.25 bits per heavy atom. The van der Waals surface area contributed by atoms with Crippen LogP contribution in [0.3, 0.4) is 0 Å². The highest BCUT2D eigenvalue weighted by atomic mass is 32.1. The van der Waals surface area contributed by atoms with E-state index in [2.05, 4.69) is 15.4 Å². The summed E-state index contributed by atoms with van der Waals surface area (Å²) in [7, 11) is 0. The number of carbonyl (C=O) groups is 2. The molecular weight excluding hydrogens is 280 g/mol. The van der Waals surface area contributed by atoms with E-state index in [9.17, 15) is 9.59 Å². The van der Waals surface area contributed by atoms with Gasteiger partial charge in [-0.25, -0.2) is 9.78 Å². The third kappa shape index (κ3) is 3.02. The fourth-order valence-corrected chi connectivity index (χ4v) is 2.04. The summed E-state index contributed by atoms with van der Waals surface area (Å²) in [5.41, 5.74) is 1.65. The highest BCUT2D eigenvalue weighted by molar-refractivity contribution is 7.07. The van der Waals surface area contributed by atoms with Crippen molar-refractivity contribution < 1.29 is 14.7 Å². The van der Waals surface area contributed by atoms with Gasteiger partial charge in [-0.1, -0.05) is 0 Å². The van der Waals surface area contributed by atoms with Crippen LogP contribution in [0.1, 0.15) is 19.5 Å². The predicted molar refractivity (Wildman–Crippen MR) is 73.6 cm³/mol. The van der Waals surface area contributed by atoms with Gasteiger partial charge in [-0.2, -0.15) is 5.10 Å². The first-order valence-electron chi connectivity index (χ1n) is 5.85. The number of nitrogens with zero attached hydrogens (tertiary/aromatic N) is 3. The summed E-state index contributed by atoms with van der Waals surface area (Å²) in [6.07, 6.45) is 3.09. The van der Waals surface area contributed by atoms with Crippen LogP contribution in [0.5, 0.6) is 0 Å². The molecule has 2 aromatic rings. The lowest BCUT2D eigenvalue weighted by molar-refractivity contribution is -0.146. The van der Waals surface area contributed by atoms with Gasteiger partial charge in [-0.3, -0.25) is 9.48 Å². The van der Waals surface area contributed by atoms with Crippen LogP contribution >= 0.6 is 11.3 Å². The van der Waals surface area contributed by atoms with Crippen molar-refractivity contribution in [1.29, 1.82) is 0 Å². The smallest absolute Gasteiger partial charge is 0.331 e. The number of amides is 1.